The van der Waals surface area contributed by atoms with Crippen LogP contribution in [0.5, 0.6) is 0 Å². The van der Waals surface area contributed by atoms with Gasteiger partial charge in [0, 0.05) is 24.7 Å². The van der Waals surface area contributed by atoms with Crippen LogP contribution >= 0.6 is 0 Å². The molecule has 0 aromatic rings. The van der Waals surface area contributed by atoms with E-state index in [0.717, 1.165) is 12.8 Å². The topological polar surface area (TPSA) is 82.1 Å². The molecule has 0 radical (unpaired) electrons. The summed E-state index contributed by atoms with van der Waals surface area (Å²) in [5.41, 5.74) is 0.191. The average Bonchev–Trinajstić information content (AvgIpc) is 2.68. The molecule has 2 aliphatic carbocycles. The number of rotatable bonds is 3. The van der Waals surface area contributed by atoms with Crippen LogP contribution in [-0.4, -0.2) is 48.1 Å². The van der Waals surface area contributed by atoms with Gasteiger partial charge in [-0.05, 0) is 26.2 Å². The number of ether oxygens (including phenoxy) is 3. The second kappa shape index (κ2) is 5.85. The summed E-state index contributed by atoms with van der Waals surface area (Å²) in [5.74, 6) is -0.774. The van der Waals surface area contributed by atoms with Crippen molar-refractivity contribution in [3.05, 3.63) is 11.6 Å². The summed E-state index contributed by atoms with van der Waals surface area (Å²) in [6.07, 6.45) is 2.14. The van der Waals surface area contributed by atoms with E-state index >= 15 is 0 Å². The smallest absolute Gasteiger partial charge is 0.302 e. The molecule has 24 heavy (non-hydrogen) atoms. The maximum absolute atomic E-state index is 11.5. The van der Waals surface area contributed by atoms with E-state index < -0.39 is 29.7 Å². The summed E-state index contributed by atoms with van der Waals surface area (Å²) < 4.78 is 16.9. The van der Waals surface area contributed by atoms with Gasteiger partial charge >= 0.3 is 11.9 Å². The Bertz CT molecular complexity index is 584. The lowest BCUT2D eigenvalue weighted by molar-refractivity contribution is -0.234. The molecule has 0 aromatic heterocycles. The fourth-order valence-electron chi connectivity index (χ4n) is 4.72. The third-order valence-electron chi connectivity index (χ3n) is 6.20. The SMILES string of the molecule is CC(=O)OC[C@@]12C[C@@H](OC(C)=O)[C@@H](O[C@@H]3C=C(C)CC[C@@]31C)[C@H]2O. The van der Waals surface area contributed by atoms with Crippen molar-refractivity contribution in [2.75, 3.05) is 6.61 Å². The molecule has 1 aliphatic heterocycles. The number of fused-ring (bicyclic) bond motifs is 4. The van der Waals surface area contributed by atoms with E-state index in [9.17, 15) is 14.7 Å². The Kier molecular flexibility index (Phi) is 4.24. The van der Waals surface area contributed by atoms with Gasteiger partial charge < -0.3 is 19.3 Å². The van der Waals surface area contributed by atoms with E-state index in [-0.39, 0.29) is 24.1 Å². The van der Waals surface area contributed by atoms with Crippen molar-refractivity contribution < 1.29 is 28.9 Å². The number of allylic oxidation sites excluding steroid dienone is 1. The number of hydrogen-bond donors (Lipinski definition) is 1. The maximum Gasteiger partial charge on any atom is 0.302 e. The lowest BCUT2D eigenvalue weighted by Crippen LogP contribution is -2.62. The molecule has 0 spiro atoms. The highest BCUT2D eigenvalue weighted by Gasteiger charge is 2.70. The first-order chi connectivity index (χ1) is 11.2. The van der Waals surface area contributed by atoms with Crippen molar-refractivity contribution >= 4 is 11.9 Å². The van der Waals surface area contributed by atoms with E-state index in [1.54, 1.807) is 0 Å². The molecule has 0 aromatic carbocycles. The fraction of sp³-hybridized carbons (Fsp3) is 0.778. The van der Waals surface area contributed by atoms with Crippen molar-refractivity contribution in [2.24, 2.45) is 10.8 Å². The highest BCUT2D eigenvalue weighted by molar-refractivity contribution is 5.66. The zero-order chi connectivity index (χ0) is 17.7. The van der Waals surface area contributed by atoms with Crippen LogP contribution in [0.4, 0.5) is 0 Å². The van der Waals surface area contributed by atoms with Crippen LogP contribution in [0.1, 0.15) is 47.0 Å². The lowest BCUT2D eigenvalue weighted by Gasteiger charge is -2.56. The van der Waals surface area contributed by atoms with Crippen LogP contribution in [0.25, 0.3) is 0 Å². The maximum atomic E-state index is 11.5. The quantitative estimate of drug-likeness (QED) is 0.623. The fourth-order valence-corrected chi connectivity index (χ4v) is 4.72. The largest absolute Gasteiger partial charge is 0.465 e. The molecule has 0 amide bonds. The van der Waals surface area contributed by atoms with Crippen molar-refractivity contribution in [3.8, 4) is 0 Å². The van der Waals surface area contributed by atoms with Crippen LogP contribution < -0.4 is 0 Å². The van der Waals surface area contributed by atoms with Gasteiger partial charge in [-0.25, -0.2) is 0 Å². The summed E-state index contributed by atoms with van der Waals surface area (Å²) in [6.45, 7) is 6.98. The molecule has 0 unspecified atom stereocenters. The highest BCUT2D eigenvalue weighted by atomic mass is 16.6. The van der Waals surface area contributed by atoms with Gasteiger partial charge in [0.1, 0.15) is 18.8 Å². The molecule has 2 bridgehead atoms. The molecule has 3 aliphatic rings. The monoisotopic (exact) mass is 338 g/mol. The molecule has 6 atom stereocenters. The number of esters is 2. The van der Waals surface area contributed by atoms with Gasteiger partial charge in [-0.1, -0.05) is 18.6 Å². The Morgan fingerprint density at radius 1 is 1.38 bits per heavy atom. The molecule has 6 nitrogen and oxygen atoms in total. The number of aliphatic hydroxyl groups excluding tert-OH is 1. The van der Waals surface area contributed by atoms with Crippen molar-refractivity contribution in [1.29, 1.82) is 0 Å². The Morgan fingerprint density at radius 2 is 2.08 bits per heavy atom. The van der Waals surface area contributed by atoms with Crippen molar-refractivity contribution in [1.82, 2.24) is 0 Å². The first-order valence-electron chi connectivity index (χ1n) is 8.51. The first-order valence-corrected chi connectivity index (χ1v) is 8.51. The van der Waals surface area contributed by atoms with Crippen molar-refractivity contribution in [2.45, 2.75) is 71.4 Å². The lowest BCUT2D eigenvalue weighted by atomic mass is 9.54. The van der Waals surface area contributed by atoms with Gasteiger partial charge in [0.15, 0.2) is 0 Å². The standard InChI is InChI=1S/C18H26O6/c1-10-5-6-17(4)14(7-10)24-15-13(23-12(3)20)8-18(17,16(15)21)9-22-11(2)19/h7,13-16,21H,5-6,8-9H2,1-4H3/t13-,14-,15-,16-,17+,18-/m1/s1. The van der Waals surface area contributed by atoms with Gasteiger partial charge in [-0.2, -0.15) is 0 Å². The number of carbonyl (C=O) groups excluding carboxylic acids is 2. The molecule has 134 valence electrons. The molecule has 1 heterocycles. The predicted octanol–water partition coefficient (Wildman–Crippen LogP) is 1.75. The minimum atomic E-state index is -0.839. The zero-order valence-electron chi connectivity index (χ0n) is 14.7. The summed E-state index contributed by atoms with van der Waals surface area (Å²) in [6, 6.07) is 0. The Morgan fingerprint density at radius 3 is 2.71 bits per heavy atom. The number of aliphatic hydroxyl groups is 1. The molecule has 3 rings (SSSR count). The van der Waals surface area contributed by atoms with Gasteiger partial charge in [-0.15, -0.1) is 0 Å². The number of carbonyl (C=O) groups is 2. The van der Waals surface area contributed by atoms with Crippen LogP contribution in [0.3, 0.4) is 0 Å². The van der Waals surface area contributed by atoms with E-state index in [4.69, 9.17) is 14.2 Å². The minimum Gasteiger partial charge on any atom is -0.465 e. The second-order valence-corrected chi connectivity index (χ2v) is 7.69. The Hall–Kier alpha value is -1.40. The third-order valence-corrected chi connectivity index (χ3v) is 6.20. The highest BCUT2D eigenvalue weighted by Crippen LogP contribution is 2.62. The zero-order valence-corrected chi connectivity index (χ0v) is 14.7. The summed E-state index contributed by atoms with van der Waals surface area (Å²) in [7, 11) is 0. The van der Waals surface area contributed by atoms with E-state index in [2.05, 4.69) is 19.9 Å². The summed E-state index contributed by atoms with van der Waals surface area (Å²) in [5, 5.41) is 11.0. The number of hydrogen-bond acceptors (Lipinski definition) is 6. The second-order valence-electron chi connectivity index (χ2n) is 7.69. The summed E-state index contributed by atoms with van der Waals surface area (Å²) in [4.78, 5) is 22.9. The molecule has 1 N–H and O–H groups in total. The van der Waals surface area contributed by atoms with E-state index in [1.165, 1.54) is 19.4 Å². The van der Waals surface area contributed by atoms with Crippen LogP contribution in [0.15, 0.2) is 11.6 Å². The predicted molar refractivity (Wildman–Crippen MR) is 85.0 cm³/mol. The van der Waals surface area contributed by atoms with E-state index in [0.29, 0.717) is 6.42 Å². The van der Waals surface area contributed by atoms with Crippen molar-refractivity contribution in [3.63, 3.8) is 0 Å². The molecular weight excluding hydrogens is 312 g/mol. The Balaban J connectivity index is 2.01. The van der Waals surface area contributed by atoms with Gasteiger partial charge in [0.2, 0.25) is 0 Å². The minimum absolute atomic E-state index is 0.112. The average molecular weight is 338 g/mol. The molecule has 1 saturated heterocycles. The van der Waals surface area contributed by atoms with Crippen LogP contribution in [0, 0.1) is 10.8 Å². The molecule has 6 heteroatoms. The Labute approximate surface area is 142 Å². The molecule has 2 fully saturated rings. The first kappa shape index (κ1) is 17.4. The van der Waals surface area contributed by atoms with Crippen LogP contribution in [-0.2, 0) is 23.8 Å². The van der Waals surface area contributed by atoms with Gasteiger partial charge in [0.05, 0.1) is 12.2 Å². The third kappa shape index (κ3) is 2.47. The van der Waals surface area contributed by atoms with Gasteiger partial charge in [-0.3, -0.25) is 9.59 Å². The van der Waals surface area contributed by atoms with Crippen LogP contribution in [0.2, 0.25) is 0 Å². The molecular formula is C18H26O6. The molecule has 1 saturated carbocycles. The van der Waals surface area contributed by atoms with E-state index in [1.807, 2.05) is 0 Å². The normalized spacial score (nSPS) is 43.6. The van der Waals surface area contributed by atoms with Gasteiger partial charge in [0.25, 0.3) is 0 Å². The summed E-state index contributed by atoms with van der Waals surface area (Å²) >= 11 is 0.